The van der Waals surface area contributed by atoms with Crippen molar-refractivity contribution in [1.82, 2.24) is 29.3 Å². The summed E-state index contributed by atoms with van der Waals surface area (Å²) < 4.78 is 42.0. The Morgan fingerprint density at radius 1 is 1.08 bits per heavy atom. The SMILES string of the molecule is C=C(C1CCN(Cc2cnc(N)nc2)CC1)N1CCC(n2c(SCC)nc3cc(C(F)(F)F)ccc32)CC1. The van der Waals surface area contributed by atoms with E-state index in [4.69, 9.17) is 5.73 Å². The van der Waals surface area contributed by atoms with Crippen LogP contribution < -0.4 is 5.73 Å². The minimum atomic E-state index is -4.37. The first-order valence-corrected chi connectivity index (χ1v) is 14.2. The highest BCUT2D eigenvalue weighted by molar-refractivity contribution is 7.99. The summed E-state index contributed by atoms with van der Waals surface area (Å²) in [5, 5.41) is 0.804. The van der Waals surface area contributed by atoms with Gasteiger partial charge in [0.2, 0.25) is 5.95 Å². The highest BCUT2D eigenvalue weighted by Gasteiger charge is 2.33. The monoisotopic (exact) mass is 545 g/mol. The first-order valence-electron chi connectivity index (χ1n) is 13.2. The molecular weight excluding hydrogens is 511 g/mol. The number of nitrogens with zero attached hydrogens (tertiary/aromatic N) is 6. The van der Waals surface area contributed by atoms with Crippen LogP contribution in [0.25, 0.3) is 11.0 Å². The van der Waals surface area contributed by atoms with Gasteiger partial charge in [0.25, 0.3) is 0 Å². The van der Waals surface area contributed by atoms with Crippen LogP contribution in [0.2, 0.25) is 0 Å². The van der Waals surface area contributed by atoms with Crippen molar-refractivity contribution in [3.63, 3.8) is 0 Å². The maximum Gasteiger partial charge on any atom is 0.416 e. The van der Waals surface area contributed by atoms with E-state index in [0.717, 1.165) is 80.4 Å². The Bertz CT molecular complexity index is 1260. The standard InChI is InChI=1S/C27H34F3N7S/c1-3-38-26-34-23-14-21(27(28,29)30)4-5-24(23)37(26)22-8-12-36(13-9-22)18(2)20-6-10-35(11-7-20)17-19-15-32-25(31)33-16-19/h4-5,14-16,20,22H,2-3,6-13,17H2,1H3,(H2,31,32,33). The molecule has 2 fully saturated rings. The van der Waals surface area contributed by atoms with Crippen molar-refractivity contribution in [3.05, 3.63) is 54.0 Å². The van der Waals surface area contributed by atoms with E-state index in [1.807, 2.05) is 6.92 Å². The fraction of sp³-hybridized carbons (Fsp3) is 0.519. The van der Waals surface area contributed by atoms with Gasteiger partial charge in [0.15, 0.2) is 5.16 Å². The number of benzene rings is 1. The molecule has 0 amide bonds. The number of rotatable bonds is 7. The molecule has 2 saturated heterocycles. The number of nitrogen functional groups attached to an aromatic ring is 1. The topological polar surface area (TPSA) is 76.1 Å². The van der Waals surface area contributed by atoms with Crippen molar-refractivity contribution in [2.45, 2.75) is 56.5 Å². The summed E-state index contributed by atoms with van der Waals surface area (Å²) >= 11 is 1.59. The number of aromatic nitrogens is 4. The lowest BCUT2D eigenvalue weighted by atomic mass is 9.91. The second kappa shape index (κ2) is 11.1. The number of imidazole rings is 1. The van der Waals surface area contributed by atoms with Gasteiger partial charge in [-0.2, -0.15) is 13.2 Å². The van der Waals surface area contributed by atoms with Crippen molar-refractivity contribution >= 4 is 28.7 Å². The molecule has 0 aliphatic carbocycles. The molecule has 0 radical (unpaired) electrons. The molecule has 1 aromatic carbocycles. The molecule has 3 aromatic rings. The molecule has 4 heterocycles. The lowest BCUT2D eigenvalue weighted by molar-refractivity contribution is -0.137. The van der Waals surface area contributed by atoms with Gasteiger partial charge >= 0.3 is 6.18 Å². The van der Waals surface area contributed by atoms with Crippen LogP contribution in [0.3, 0.4) is 0 Å². The van der Waals surface area contributed by atoms with Crippen LogP contribution >= 0.6 is 11.8 Å². The zero-order valence-electron chi connectivity index (χ0n) is 21.6. The molecule has 2 aliphatic rings. The number of fused-ring (bicyclic) bond motifs is 1. The summed E-state index contributed by atoms with van der Waals surface area (Å²) in [5.74, 6) is 1.58. The lowest BCUT2D eigenvalue weighted by Crippen LogP contribution is -2.40. The van der Waals surface area contributed by atoms with E-state index in [1.54, 1.807) is 30.2 Å². The average molecular weight is 546 g/mol. The molecular formula is C27H34F3N7S. The summed E-state index contributed by atoms with van der Waals surface area (Å²) in [6.07, 6.45) is 3.18. The molecule has 2 N–H and O–H groups in total. The number of likely N-dealkylation sites (tertiary alicyclic amines) is 2. The highest BCUT2D eigenvalue weighted by atomic mass is 32.2. The van der Waals surface area contributed by atoms with Crippen LogP contribution in [-0.2, 0) is 12.7 Å². The van der Waals surface area contributed by atoms with Crippen LogP contribution in [0.4, 0.5) is 19.1 Å². The van der Waals surface area contributed by atoms with E-state index in [-0.39, 0.29) is 6.04 Å². The minimum Gasteiger partial charge on any atom is -0.375 e. The number of allylic oxidation sites excluding steroid dienone is 1. The Morgan fingerprint density at radius 3 is 2.39 bits per heavy atom. The number of anilines is 1. The number of nitrogens with two attached hydrogens (primary N) is 1. The second-order valence-corrected chi connectivity index (χ2v) is 11.3. The summed E-state index contributed by atoms with van der Waals surface area (Å²) in [6, 6.07) is 4.14. The number of hydrogen-bond donors (Lipinski definition) is 1. The van der Waals surface area contributed by atoms with Gasteiger partial charge in [-0.1, -0.05) is 25.3 Å². The zero-order chi connectivity index (χ0) is 26.9. The van der Waals surface area contributed by atoms with Crippen LogP contribution in [-0.4, -0.2) is 61.3 Å². The Labute approximate surface area is 225 Å². The molecule has 0 unspecified atom stereocenters. The molecule has 0 bridgehead atoms. The van der Waals surface area contributed by atoms with Crippen LogP contribution in [0.15, 0.2) is 48.0 Å². The maximum absolute atomic E-state index is 13.3. The van der Waals surface area contributed by atoms with Gasteiger partial charge in [-0.05, 0) is 62.7 Å². The normalized spacial score (nSPS) is 18.4. The van der Waals surface area contributed by atoms with Gasteiger partial charge in [0.05, 0.1) is 16.6 Å². The zero-order valence-corrected chi connectivity index (χ0v) is 22.4. The molecule has 11 heteroatoms. The van der Waals surface area contributed by atoms with Gasteiger partial charge in [0.1, 0.15) is 0 Å². The predicted octanol–water partition coefficient (Wildman–Crippen LogP) is 5.60. The Morgan fingerprint density at radius 2 is 1.76 bits per heavy atom. The molecule has 0 spiro atoms. The van der Waals surface area contributed by atoms with Gasteiger partial charge < -0.3 is 15.2 Å². The number of alkyl halides is 3. The second-order valence-electron chi connectivity index (χ2n) is 10.1. The average Bonchev–Trinajstić information content (AvgIpc) is 3.27. The lowest BCUT2D eigenvalue weighted by Gasteiger charge is -2.41. The van der Waals surface area contributed by atoms with Crippen LogP contribution in [0.1, 0.15) is 49.8 Å². The molecule has 0 atom stereocenters. The third kappa shape index (κ3) is 5.78. The van der Waals surface area contributed by atoms with E-state index in [0.29, 0.717) is 17.4 Å². The largest absolute Gasteiger partial charge is 0.416 e. The van der Waals surface area contributed by atoms with E-state index in [2.05, 4.69) is 35.9 Å². The number of thioether (sulfide) groups is 1. The first kappa shape index (κ1) is 26.8. The van der Waals surface area contributed by atoms with E-state index in [1.165, 1.54) is 17.8 Å². The Hall–Kier alpha value is -2.79. The van der Waals surface area contributed by atoms with Crippen molar-refractivity contribution < 1.29 is 13.2 Å². The van der Waals surface area contributed by atoms with Gasteiger partial charge in [-0.15, -0.1) is 0 Å². The van der Waals surface area contributed by atoms with Crippen molar-refractivity contribution in [1.29, 1.82) is 0 Å². The molecule has 7 nitrogen and oxygen atoms in total. The fourth-order valence-electron chi connectivity index (χ4n) is 5.64. The van der Waals surface area contributed by atoms with Gasteiger partial charge in [-0.25, -0.2) is 15.0 Å². The Kier molecular flexibility index (Phi) is 7.85. The van der Waals surface area contributed by atoms with Crippen LogP contribution in [0.5, 0.6) is 0 Å². The van der Waals surface area contributed by atoms with Crippen molar-refractivity contribution in [2.75, 3.05) is 37.7 Å². The highest BCUT2D eigenvalue weighted by Crippen LogP contribution is 2.37. The van der Waals surface area contributed by atoms with Crippen LogP contribution in [0, 0.1) is 5.92 Å². The summed E-state index contributed by atoms with van der Waals surface area (Å²) in [6.45, 7) is 11.1. The fourth-order valence-corrected chi connectivity index (χ4v) is 6.44. The molecule has 5 rings (SSSR count). The number of hydrogen-bond acceptors (Lipinski definition) is 7. The third-order valence-electron chi connectivity index (χ3n) is 7.68. The quantitative estimate of drug-likeness (QED) is 0.387. The minimum absolute atomic E-state index is 0.207. The van der Waals surface area contributed by atoms with E-state index >= 15 is 0 Å². The number of halogens is 3. The molecule has 38 heavy (non-hydrogen) atoms. The van der Waals surface area contributed by atoms with Gasteiger partial charge in [-0.3, -0.25) is 4.90 Å². The molecule has 2 aliphatic heterocycles. The van der Waals surface area contributed by atoms with E-state index < -0.39 is 11.7 Å². The van der Waals surface area contributed by atoms with Crippen molar-refractivity contribution in [3.8, 4) is 0 Å². The molecule has 2 aromatic heterocycles. The first-order chi connectivity index (χ1) is 18.2. The predicted molar refractivity (Wildman–Crippen MR) is 145 cm³/mol. The van der Waals surface area contributed by atoms with E-state index in [9.17, 15) is 13.2 Å². The maximum atomic E-state index is 13.3. The Balaban J connectivity index is 1.20. The molecule has 204 valence electrons. The molecule has 0 saturated carbocycles. The summed E-state index contributed by atoms with van der Waals surface area (Å²) in [7, 11) is 0. The number of piperidine rings is 2. The third-order valence-corrected chi connectivity index (χ3v) is 8.52. The van der Waals surface area contributed by atoms with Gasteiger partial charge in [0, 0.05) is 55.2 Å². The summed E-state index contributed by atoms with van der Waals surface area (Å²) in [5.41, 5.74) is 8.42. The van der Waals surface area contributed by atoms with Crippen molar-refractivity contribution in [2.24, 2.45) is 5.92 Å². The summed E-state index contributed by atoms with van der Waals surface area (Å²) in [4.78, 5) is 17.6. The smallest absolute Gasteiger partial charge is 0.375 e.